The molecule has 0 radical (unpaired) electrons. The van der Waals surface area contributed by atoms with E-state index < -0.39 is 72.6 Å². The minimum absolute atomic E-state index is 0.0124. The molecule has 0 spiro atoms. The minimum Gasteiger partial charge on any atom is -0.508 e. The van der Waals surface area contributed by atoms with Crippen LogP contribution in [-0.4, -0.2) is 87.6 Å². The fraction of sp³-hybridized carbons (Fsp3) is 0.458. The molecule has 0 aliphatic carbocycles. The number of carbonyl (C=O) groups excluding carboxylic acids is 4. The van der Waals surface area contributed by atoms with Gasteiger partial charge in [-0.25, -0.2) is 4.79 Å². The molecule has 0 heterocycles. The lowest BCUT2D eigenvalue weighted by atomic mass is 10.0. The summed E-state index contributed by atoms with van der Waals surface area (Å²) in [6, 6.07) is 0.247. The molecule has 0 aliphatic heterocycles. The van der Waals surface area contributed by atoms with Crippen LogP contribution in [0.4, 0.5) is 0 Å². The average Bonchev–Trinajstić information content (AvgIpc) is 2.88. The lowest BCUT2D eigenvalue weighted by molar-refractivity contribution is -0.143. The van der Waals surface area contributed by atoms with Crippen LogP contribution >= 0.6 is 0 Å². The maximum Gasteiger partial charge on any atom is 0.326 e. The largest absolute Gasteiger partial charge is 0.508 e. The molecule has 0 aromatic heterocycles. The highest BCUT2D eigenvalue weighted by Crippen LogP contribution is 2.11. The molecule has 226 valence electrons. The van der Waals surface area contributed by atoms with E-state index in [1.54, 1.807) is 12.1 Å². The molecule has 41 heavy (non-hydrogen) atoms. The first-order chi connectivity index (χ1) is 19.2. The SMILES string of the molecule is NC(=O)CC(NC(=O)C(CCCN=C(N)N)NC(=O)C(CCC(=O)O)NC(=O)C(N)Cc1ccc(O)cc1)C(=O)O. The number of phenolic OH excluding ortho intramolecular Hbond substituents is 1. The van der Waals surface area contributed by atoms with Gasteiger partial charge in [-0.1, -0.05) is 12.1 Å². The summed E-state index contributed by atoms with van der Waals surface area (Å²) >= 11 is 0. The van der Waals surface area contributed by atoms with Gasteiger partial charge in [0.05, 0.1) is 12.5 Å². The number of nitrogens with zero attached hydrogens (tertiary/aromatic N) is 1. The molecule has 17 nitrogen and oxygen atoms in total. The quantitative estimate of drug-likeness (QED) is 0.0461. The monoisotopic (exact) mass is 580 g/mol. The van der Waals surface area contributed by atoms with Crippen molar-refractivity contribution in [2.24, 2.45) is 27.9 Å². The predicted molar refractivity (Wildman–Crippen MR) is 144 cm³/mol. The van der Waals surface area contributed by atoms with E-state index in [9.17, 15) is 39.0 Å². The van der Waals surface area contributed by atoms with Crippen molar-refractivity contribution in [3.63, 3.8) is 0 Å². The van der Waals surface area contributed by atoms with Gasteiger partial charge < -0.3 is 54.2 Å². The van der Waals surface area contributed by atoms with Crippen molar-refractivity contribution in [3.8, 4) is 5.75 Å². The number of aromatic hydroxyl groups is 1. The van der Waals surface area contributed by atoms with Gasteiger partial charge in [0.1, 0.15) is 23.9 Å². The van der Waals surface area contributed by atoms with Crippen LogP contribution in [0.2, 0.25) is 0 Å². The molecule has 1 aromatic carbocycles. The number of aliphatic imine (C=N–C) groups is 1. The summed E-state index contributed by atoms with van der Waals surface area (Å²) in [4.78, 5) is 76.4. The van der Waals surface area contributed by atoms with Gasteiger partial charge in [0.15, 0.2) is 5.96 Å². The van der Waals surface area contributed by atoms with E-state index in [1.807, 2.05) is 0 Å². The third-order valence-corrected chi connectivity index (χ3v) is 5.61. The Balaban J connectivity index is 3.07. The molecular formula is C24H36N8O9. The van der Waals surface area contributed by atoms with E-state index in [0.29, 0.717) is 5.56 Å². The molecule has 1 aromatic rings. The number of hydrogen-bond donors (Lipinski definition) is 10. The Morgan fingerprint density at radius 2 is 1.34 bits per heavy atom. The van der Waals surface area contributed by atoms with Gasteiger partial charge in [0.25, 0.3) is 0 Å². The summed E-state index contributed by atoms with van der Waals surface area (Å²) in [5, 5.41) is 34.7. The maximum atomic E-state index is 13.1. The first-order valence-corrected chi connectivity index (χ1v) is 12.4. The van der Waals surface area contributed by atoms with Gasteiger partial charge in [0, 0.05) is 13.0 Å². The van der Waals surface area contributed by atoms with Crippen molar-refractivity contribution in [1.82, 2.24) is 16.0 Å². The smallest absolute Gasteiger partial charge is 0.326 e. The zero-order valence-corrected chi connectivity index (χ0v) is 22.1. The Hall–Kier alpha value is -4.93. The van der Waals surface area contributed by atoms with E-state index >= 15 is 0 Å². The molecule has 4 amide bonds. The van der Waals surface area contributed by atoms with Crippen LogP contribution in [0.25, 0.3) is 0 Å². The molecule has 14 N–H and O–H groups in total. The first-order valence-electron chi connectivity index (χ1n) is 12.4. The second kappa shape index (κ2) is 16.9. The minimum atomic E-state index is -1.68. The number of carbonyl (C=O) groups is 6. The molecule has 1 rings (SSSR count). The molecule has 0 aliphatic rings. The lowest BCUT2D eigenvalue weighted by Crippen LogP contribution is -2.57. The van der Waals surface area contributed by atoms with Crippen LogP contribution in [0.1, 0.15) is 37.7 Å². The number of nitrogens with two attached hydrogens (primary N) is 4. The number of hydrogen-bond acceptors (Lipinski definition) is 9. The predicted octanol–water partition coefficient (Wildman–Crippen LogP) is -3.41. The molecule has 17 heteroatoms. The second-order valence-corrected chi connectivity index (χ2v) is 9.05. The lowest BCUT2D eigenvalue weighted by Gasteiger charge is -2.25. The number of carboxylic acid groups (broad SMARTS) is 2. The van der Waals surface area contributed by atoms with Crippen LogP contribution in [0.3, 0.4) is 0 Å². The van der Waals surface area contributed by atoms with Crippen molar-refractivity contribution in [1.29, 1.82) is 0 Å². The number of phenols is 1. The van der Waals surface area contributed by atoms with Gasteiger partial charge in [-0.05, 0) is 43.4 Å². The van der Waals surface area contributed by atoms with E-state index in [1.165, 1.54) is 12.1 Å². The van der Waals surface area contributed by atoms with E-state index in [-0.39, 0.29) is 43.9 Å². The second-order valence-electron chi connectivity index (χ2n) is 9.05. The van der Waals surface area contributed by atoms with Crippen LogP contribution in [-0.2, 0) is 35.2 Å². The molecule has 4 unspecified atom stereocenters. The number of benzene rings is 1. The Labute approximate surface area is 234 Å². The van der Waals surface area contributed by atoms with Crippen molar-refractivity contribution in [3.05, 3.63) is 29.8 Å². The van der Waals surface area contributed by atoms with Gasteiger partial charge in [-0.2, -0.15) is 0 Å². The molecule has 0 saturated heterocycles. The summed E-state index contributed by atoms with van der Waals surface area (Å²) in [5.41, 5.74) is 22.2. The molecular weight excluding hydrogens is 544 g/mol. The number of guanidine groups is 1. The normalized spacial score (nSPS) is 13.5. The summed E-state index contributed by atoms with van der Waals surface area (Å²) in [5.74, 6) is -6.72. The molecule has 0 bridgehead atoms. The van der Waals surface area contributed by atoms with Crippen LogP contribution < -0.4 is 38.9 Å². The van der Waals surface area contributed by atoms with Crippen LogP contribution in [0.15, 0.2) is 29.3 Å². The highest BCUT2D eigenvalue weighted by molar-refractivity contribution is 5.95. The van der Waals surface area contributed by atoms with Crippen molar-refractivity contribution in [2.75, 3.05) is 6.54 Å². The van der Waals surface area contributed by atoms with E-state index in [0.717, 1.165) is 0 Å². The fourth-order valence-corrected chi connectivity index (χ4v) is 3.51. The highest BCUT2D eigenvalue weighted by atomic mass is 16.4. The number of amides is 4. The summed E-state index contributed by atoms with van der Waals surface area (Å²) in [6.07, 6.45) is -1.52. The third-order valence-electron chi connectivity index (χ3n) is 5.61. The van der Waals surface area contributed by atoms with Crippen molar-refractivity contribution >= 4 is 41.5 Å². The number of rotatable bonds is 18. The average molecular weight is 581 g/mol. The molecule has 4 atom stereocenters. The summed E-state index contributed by atoms with van der Waals surface area (Å²) in [7, 11) is 0. The Morgan fingerprint density at radius 1 is 0.805 bits per heavy atom. The standard InChI is InChI=1S/C24H36N8O9/c25-14(10-12-3-5-13(33)6-4-12)20(37)30-16(7-8-19(35)36)22(39)31-15(2-1-9-29-24(27)28)21(38)32-17(23(40)41)11-18(26)34/h3-6,14-17,33H,1-2,7-11,25H2,(H2,26,34)(H,30,37)(H,31,39)(H,32,38)(H,35,36)(H,40,41)(H4,27,28,29). The van der Waals surface area contributed by atoms with Crippen LogP contribution in [0, 0.1) is 0 Å². The fourth-order valence-electron chi connectivity index (χ4n) is 3.51. The van der Waals surface area contributed by atoms with Crippen molar-refractivity contribution < 1.29 is 44.1 Å². The maximum absolute atomic E-state index is 13.1. The van der Waals surface area contributed by atoms with Crippen LogP contribution in [0.5, 0.6) is 5.75 Å². The third kappa shape index (κ3) is 13.6. The van der Waals surface area contributed by atoms with E-state index in [4.69, 9.17) is 28.0 Å². The topological polar surface area (TPSA) is 316 Å². The van der Waals surface area contributed by atoms with E-state index in [2.05, 4.69) is 20.9 Å². The number of aliphatic carboxylic acids is 2. The Bertz CT molecular complexity index is 1120. The van der Waals surface area contributed by atoms with Gasteiger partial charge >= 0.3 is 11.9 Å². The number of primary amides is 1. The zero-order valence-electron chi connectivity index (χ0n) is 22.1. The molecule has 0 fully saturated rings. The first kappa shape index (κ1) is 34.1. The zero-order chi connectivity index (χ0) is 31.1. The Kier molecular flexibility index (Phi) is 14.1. The summed E-state index contributed by atoms with van der Waals surface area (Å²) in [6.45, 7) is 0.0525. The van der Waals surface area contributed by atoms with Crippen molar-refractivity contribution in [2.45, 2.75) is 62.7 Å². The highest BCUT2D eigenvalue weighted by Gasteiger charge is 2.31. The van der Waals surface area contributed by atoms with Gasteiger partial charge in [0.2, 0.25) is 23.6 Å². The Morgan fingerprint density at radius 3 is 1.85 bits per heavy atom. The molecule has 0 saturated carbocycles. The van der Waals surface area contributed by atoms with Gasteiger partial charge in [-0.15, -0.1) is 0 Å². The number of carboxylic acids is 2. The van der Waals surface area contributed by atoms with Gasteiger partial charge in [-0.3, -0.25) is 29.0 Å². The number of nitrogens with one attached hydrogen (secondary N) is 3. The summed E-state index contributed by atoms with van der Waals surface area (Å²) < 4.78 is 0.